The average Bonchev–Trinajstić information content (AvgIpc) is 2.60. The van der Waals surface area contributed by atoms with Gasteiger partial charge in [0.05, 0.1) is 0 Å². The van der Waals surface area contributed by atoms with Crippen molar-refractivity contribution in [3.8, 4) is 0 Å². The molecule has 2 nitrogen and oxygen atoms in total. The fourth-order valence-corrected chi connectivity index (χ4v) is 2.82. The Kier molecular flexibility index (Phi) is 3.51. The lowest BCUT2D eigenvalue weighted by atomic mass is 10.0. The van der Waals surface area contributed by atoms with Gasteiger partial charge in [0.1, 0.15) is 0 Å². The zero-order valence-corrected chi connectivity index (χ0v) is 12.0. The molecule has 0 radical (unpaired) electrons. The highest BCUT2D eigenvalue weighted by atomic mass is 79.9. The second-order valence-corrected chi connectivity index (χ2v) is 5.67. The molecule has 0 aliphatic carbocycles. The SMILES string of the molecule is Fc1cc(Br)cnc1N1CCCc2ccccc2C1. The summed E-state index contributed by atoms with van der Waals surface area (Å²) in [6.07, 6.45) is 3.72. The maximum Gasteiger partial charge on any atom is 0.166 e. The lowest BCUT2D eigenvalue weighted by Gasteiger charge is -2.22. The maximum absolute atomic E-state index is 14.0. The van der Waals surface area contributed by atoms with Gasteiger partial charge in [0.2, 0.25) is 0 Å². The molecule has 0 amide bonds. The van der Waals surface area contributed by atoms with Crippen LogP contribution in [0, 0.1) is 5.82 Å². The first-order valence-corrected chi connectivity index (χ1v) is 7.16. The van der Waals surface area contributed by atoms with Crippen LogP contribution in [0.4, 0.5) is 10.2 Å². The van der Waals surface area contributed by atoms with E-state index in [2.05, 4.69) is 39.1 Å². The number of aryl methyl sites for hydroxylation is 1. The first-order chi connectivity index (χ1) is 9.24. The molecule has 1 aliphatic heterocycles. The summed E-state index contributed by atoms with van der Waals surface area (Å²) in [5, 5.41) is 0. The third-order valence-corrected chi connectivity index (χ3v) is 3.88. The van der Waals surface area contributed by atoms with Crippen LogP contribution in [-0.2, 0) is 13.0 Å². The van der Waals surface area contributed by atoms with E-state index < -0.39 is 0 Å². The summed E-state index contributed by atoms with van der Waals surface area (Å²) in [6, 6.07) is 9.84. The molecule has 0 spiro atoms. The van der Waals surface area contributed by atoms with Crippen molar-refractivity contribution >= 4 is 21.7 Å². The van der Waals surface area contributed by atoms with Gasteiger partial charge in [-0.05, 0) is 46.0 Å². The quantitative estimate of drug-likeness (QED) is 0.791. The summed E-state index contributed by atoms with van der Waals surface area (Å²) in [5.41, 5.74) is 2.63. The number of benzene rings is 1. The van der Waals surface area contributed by atoms with Gasteiger partial charge in [-0.25, -0.2) is 9.37 Å². The van der Waals surface area contributed by atoms with E-state index in [4.69, 9.17) is 0 Å². The summed E-state index contributed by atoms with van der Waals surface area (Å²) >= 11 is 3.24. The van der Waals surface area contributed by atoms with Crippen molar-refractivity contribution in [3.63, 3.8) is 0 Å². The molecule has 0 bridgehead atoms. The van der Waals surface area contributed by atoms with E-state index in [1.807, 2.05) is 11.0 Å². The predicted molar refractivity (Wildman–Crippen MR) is 77.7 cm³/mol. The third kappa shape index (κ3) is 2.63. The number of rotatable bonds is 1. The van der Waals surface area contributed by atoms with Gasteiger partial charge >= 0.3 is 0 Å². The monoisotopic (exact) mass is 320 g/mol. The number of pyridine rings is 1. The third-order valence-electron chi connectivity index (χ3n) is 3.44. The lowest BCUT2D eigenvalue weighted by molar-refractivity contribution is 0.605. The van der Waals surface area contributed by atoms with Gasteiger partial charge in [-0.15, -0.1) is 0 Å². The highest BCUT2D eigenvalue weighted by Crippen LogP contribution is 2.25. The summed E-state index contributed by atoms with van der Waals surface area (Å²) in [6.45, 7) is 1.56. The number of anilines is 1. The molecule has 1 aliphatic rings. The van der Waals surface area contributed by atoms with Crippen LogP contribution in [0.1, 0.15) is 17.5 Å². The number of hydrogen-bond donors (Lipinski definition) is 0. The van der Waals surface area contributed by atoms with Gasteiger partial charge in [0.25, 0.3) is 0 Å². The van der Waals surface area contributed by atoms with Crippen LogP contribution < -0.4 is 4.90 Å². The second kappa shape index (κ2) is 5.29. The smallest absolute Gasteiger partial charge is 0.166 e. The molecule has 2 heterocycles. The van der Waals surface area contributed by atoms with Crippen molar-refractivity contribution in [1.29, 1.82) is 0 Å². The van der Waals surface area contributed by atoms with Gasteiger partial charge in [-0.2, -0.15) is 0 Å². The average molecular weight is 321 g/mol. The van der Waals surface area contributed by atoms with Gasteiger partial charge in [-0.3, -0.25) is 0 Å². The summed E-state index contributed by atoms with van der Waals surface area (Å²) in [7, 11) is 0. The Bertz CT molecular complexity index is 600. The van der Waals surface area contributed by atoms with Gasteiger partial charge < -0.3 is 4.90 Å². The molecule has 98 valence electrons. The maximum atomic E-state index is 14.0. The molecule has 1 aromatic carbocycles. The molecule has 3 rings (SSSR count). The van der Waals surface area contributed by atoms with E-state index in [1.54, 1.807) is 6.20 Å². The first-order valence-electron chi connectivity index (χ1n) is 6.37. The molecular weight excluding hydrogens is 307 g/mol. The van der Waals surface area contributed by atoms with Crippen LogP contribution in [0.5, 0.6) is 0 Å². The Morgan fingerprint density at radius 1 is 1.21 bits per heavy atom. The molecular formula is C15H14BrFN2. The van der Waals surface area contributed by atoms with Gasteiger partial charge in [0, 0.05) is 23.8 Å². The van der Waals surface area contributed by atoms with Crippen LogP contribution in [0.2, 0.25) is 0 Å². The molecule has 0 N–H and O–H groups in total. The Morgan fingerprint density at radius 3 is 2.79 bits per heavy atom. The zero-order valence-electron chi connectivity index (χ0n) is 10.4. The fourth-order valence-electron chi connectivity index (χ4n) is 2.52. The van der Waals surface area contributed by atoms with Crippen molar-refractivity contribution in [2.24, 2.45) is 0 Å². The van der Waals surface area contributed by atoms with Crippen molar-refractivity contribution in [2.45, 2.75) is 19.4 Å². The van der Waals surface area contributed by atoms with Crippen LogP contribution in [0.3, 0.4) is 0 Å². The van der Waals surface area contributed by atoms with Gasteiger partial charge in [-0.1, -0.05) is 24.3 Å². The molecule has 0 saturated heterocycles. The Hall–Kier alpha value is -1.42. The fraction of sp³-hybridized carbons (Fsp3) is 0.267. The standard InChI is InChI=1S/C15H14BrFN2/c16-13-8-14(17)15(18-9-13)19-7-3-6-11-4-1-2-5-12(11)10-19/h1-2,4-5,8-9H,3,6-7,10H2. The number of nitrogens with zero attached hydrogens (tertiary/aromatic N) is 2. The molecule has 1 aromatic heterocycles. The van der Waals surface area contributed by atoms with Crippen LogP contribution in [-0.4, -0.2) is 11.5 Å². The van der Waals surface area contributed by atoms with Crippen molar-refractivity contribution in [2.75, 3.05) is 11.4 Å². The molecule has 19 heavy (non-hydrogen) atoms. The first kappa shape index (κ1) is 12.6. The summed E-state index contributed by atoms with van der Waals surface area (Å²) in [5.74, 6) is 0.175. The normalized spacial score (nSPS) is 14.9. The summed E-state index contributed by atoms with van der Waals surface area (Å²) in [4.78, 5) is 6.24. The second-order valence-electron chi connectivity index (χ2n) is 4.75. The predicted octanol–water partition coefficient (Wildman–Crippen LogP) is 3.94. The highest BCUT2D eigenvalue weighted by molar-refractivity contribution is 9.10. The lowest BCUT2D eigenvalue weighted by Crippen LogP contribution is -2.24. The van der Waals surface area contributed by atoms with Crippen molar-refractivity contribution < 1.29 is 4.39 Å². The van der Waals surface area contributed by atoms with Gasteiger partial charge in [0.15, 0.2) is 11.6 Å². The number of fused-ring (bicyclic) bond motifs is 1. The minimum Gasteiger partial charge on any atom is -0.350 e. The van der Waals surface area contributed by atoms with Crippen LogP contribution >= 0.6 is 15.9 Å². The number of halogens is 2. The van der Waals surface area contributed by atoms with E-state index in [0.29, 0.717) is 10.3 Å². The highest BCUT2D eigenvalue weighted by Gasteiger charge is 2.18. The molecule has 0 fully saturated rings. The Morgan fingerprint density at radius 2 is 2.00 bits per heavy atom. The molecule has 0 unspecified atom stereocenters. The molecule has 0 saturated carbocycles. The number of aromatic nitrogens is 1. The van der Waals surface area contributed by atoms with Crippen molar-refractivity contribution in [1.82, 2.24) is 4.98 Å². The van der Waals surface area contributed by atoms with E-state index in [0.717, 1.165) is 25.9 Å². The molecule has 4 heteroatoms. The number of hydrogen-bond acceptors (Lipinski definition) is 2. The van der Waals surface area contributed by atoms with Crippen LogP contribution in [0.15, 0.2) is 41.0 Å². The van der Waals surface area contributed by atoms with Crippen LogP contribution in [0.25, 0.3) is 0 Å². The summed E-state index contributed by atoms with van der Waals surface area (Å²) < 4.78 is 14.7. The van der Waals surface area contributed by atoms with E-state index in [-0.39, 0.29) is 5.82 Å². The topological polar surface area (TPSA) is 16.1 Å². The van der Waals surface area contributed by atoms with Crippen molar-refractivity contribution in [3.05, 3.63) is 57.9 Å². The molecule has 2 aromatic rings. The Labute approximate surface area is 120 Å². The Balaban J connectivity index is 1.94. The zero-order chi connectivity index (χ0) is 13.2. The minimum atomic E-state index is -0.270. The molecule has 0 atom stereocenters. The van der Waals surface area contributed by atoms with E-state index in [1.165, 1.54) is 17.2 Å². The van der Waals surface area contributed by atoms with E-state index >= 15 is 0 Å². The largest absolute Gasteiger partial charge is 0.350 e. The minimum absolute atomic E-state index is 0.270. The van der Waals surface area contributed by atoms with E-state index in [9.17, 15) is 4.39 Å².